The topological polar surface area (TPSA) is 72.7 Å². The lowest BCUT2D eigenvalue weighted by Crippen LogP contribution is -2.26. The number of benzene rings is 1. The third kappa shape index (κ3) is 5.51. The summed E-state index contributed by atoms with van der Waals surface area (Å²) in [6.45, 7) is 4.56. The number of rotatable bonds is 8. The zero-order chi connectivity index (χ0) is 22.8. The van der Waals surface area contributed by atoms with E-state index in [1.54, 1.807) is 12.3 Å². The molecule has 31 heavy (non-hydrogen) atoms. The van der Waals surface area contributed by atoms with Crippen LogP contribution in [0.15, 0.2) is 34.3 Å². The van der Waals surface area contributed by atoms with Crippen molar-refractivity contribution in [1.29, 1.82) is 0 Å². The fourth-order valence-electron chi connectivity index (χ4n) is 2.86. The van der Waals surface area contributed by atoms with E-state index in [9.17, 15) is 18.0 Å². The number of hydrogen-bond donors (Lipinski definition) is 1. The molecule has 166 valence electrons. The lowest BCUT2D eigenvalue weighted by Gasteiger charge is -2.15. The standard InChI is InChI=1S/C20H22F3N5OS2/c1-11(2)28-17-15(10-24-19(26-17)30-4)25-16(18(28)29)12-5-6-14(13(21)9-12)27-31-8-7-20(3,22)23/h5-6,9-11,27H,7-8H2,1-4H3. The van der Waals surface area contributed by atoms with E-state index in [4.69, 9.17) is 0 Å². The van der Waals surface area contributed by atoms with Crippen molar-refractivity contribution in [2.75, 3.05) is 16.7 Å². The van der Waals surface area contributed by atoms with Crippen LogP contribution in [0.2, 0.25) is 0 Å². The van der Waals surface area contributed by atoms with E-state index >= 15 is 0 Å². The molecular formula is C20H22F3N5OS2. The average molecular weight is 470 g/mol. The molecule has 0 unspecified atom stereocenters. The van der Waals surface area contributed by atoms with Crippen molar-refractivity contribution < 1.29 is 13.2 Å². The van der Waals surface area contributed by atoms with Gasteiger partial charge in [0.2, 0.25) is 5.92 Å². The van der Waals surface area contributed by atoms with Crippen molar-refractivity contribution in [1.82, 2.24) is 19.5 Å². The van der Waals surface area contributed by atoms with Crippen LogP contribution < -0.4 is 10.3 Å². The molecule has 0 saturated carbocycles. The first-order valence-corrected chi connectivity index (χ1v) is 11.7. The first kappa shape index (κ1) is 23.4. The first-order valence-electron chi connectivity index (χ1n) is 9.49. The summed E-state index contributed by atoms with van der Waals surface area (Å²) < 4.78 is 44.6. The number of hydrogen-bond acceptors (Lipinski definition) is 7. The number of alkyl halides is 2. The molecule has 3 rings (SSSR count). The van der Waals surface area contributed by atoms with Gasteiger partial charge in [-0.1, -0.05) is 29.8 Å². The first-order chi connectivity index (χ1) is 14.6. The summed E-state index contributed by atoms with van der Waals surface area (Å²) in [7, 11) is 0. The molecule has 0 atom stereocenters. The van der Waals surface area contributed by atoms with Crippen molar-refractivity contribution in [3.05, 3.63) is 40.6 Å². The molecule has 0 radical (unpaired) electrons. The van der Waals surface area contributed by atoms with Gasteiger partial charge in [-0.25, -0.2) is 28.1 Å². The lowest BCUT2D eigenvalue weighted by atomic mass is 10.1. The molecule has 0 fully saturated rings. The number of nitrogens with zero attached hydrogens (tertiary/aromatic N) is 4. The van der Waals surface area contributed by atoms with Crippen molar-refractivity contribution in [3.8, 4) is 11.3 Å². The van der Waals surface area contributed by atoms with Crippen LogP contribution in [0.1, 0.15) is 33.2 Å². The Labute approximate surface area is 186 Å². The van der Waals surface area contributed by atoms with Crippen LogP contribution in [-0.2, 0) is 0 Å². The minimum absolute atomic E-state index is 0.0884. The summed E-state index contributed by atoms with van der Waals surface area (Å²) in [5, 5.41) is 0.524. The van der Waals surface area contributed by atoms with E-state index < -0.39 is 11.7 Å². The van der Waals surface area contributed by atoms with Gasteiger partial charge in [0.1, 0.15) is 17.0 Å². The van der Waals surface area contributed by atoms with E-state index in [0.717, 1.165) is 18.9 Å². The van der Waals surface area contributed by atoms with Gasteiger partial charge in [-0.05, 0) is 39.2 Å². The second kappa shape index (κ2) is 9.47. The Kier molecular flexibility index (Phi) is 7.15. The zero-order valence-electron chi connectivity index (χ0n) is 17.4. The highest BCUT2D eigenvalue weighted by Gasteiger charge is 2.21. The Balaban J connectivity index is 1.95. The molecule has 0 spiro atoms. The molecule has 2 heterocycles. The number of thioether (sulfide) groups is 1. The summed E-state index contributed by atoms with van der Waals surface area (Å²) in [6, 6.07) is 4.03. The molecule has 0 saturated heterocycles. The van der Waals surface area contributed by atoms with Gasteiger partial charge in [0.15, 0.2) is 10.8 Å². The van der Waals surface area contributed by atoms with Crippen LogP contribution in [0.5, 0.6) is 0 Å². The fraction of sp³-hybridized carbons (Fsp3) is 0.400. The molecule has 1 N–H and O–H groups in total. The SMILES string of the molecule is CSc1ncc2nc(-c3ccc(NSCCC(C)(F)F)c(F)c3)c(=O)n(C(C)C)c2n1. The summed E-state index contributed by atoms with van der Waals surface area (Å²) in [5.74, 6) is -3.26. The minimum Gasteiger partial charge on any atom is -0.327 e. The molecule has 0 aliphatic heterocycles. The number of fused-ring (bicyclic) bond motifs is 1. The molecule has 6 nitrogen and oxygen atoms in total. The van der Waals surface area contributed by atoms with Crippen molar-refractivity contribution >= 4 is 40.6 Å². The van der Waals surface area contributed by atoms with Gasteiger partial charge < -0.3 is 4.72 Å². The monoisotopic (exact) mass is 469 g/mol. The molecular weight excluding hydrogens is 447 g/mol. The van der Waals surface area contributed by atoms with E-state index in [-0.39, 0.29) is 35.2 Å². The quantitative estimate of drug-likeness (QED) is 0.205. The van der Waals surface area contributed by atoms with Crippen molar-refractivity contribution in [2.24, 2.45) is 0 Å². The van der Waals surface area contributed by atoms with Gasteiger partial charge in [0.25, 0.3) is 5.56 Å². The van der Waals surface area contributed by atoms with Gasteiger partial charge in [0.05, 0.1) is 11.9 Å². The number of halogens is 3. The van der Waals surface area contributed by atoms with Gasteiger partial charge in [0, 0.05) is 23.8 Å². The van der Waals surface area contributed by atoms with Gasteiger partial charge in [-0.15, -0.1) is 0 Å². The normalized spacial score (nSPS) is 12.0. The van der Waals surface area contributed by atoms with Crippen molar-refractivity contribution in [2.45, 2.75) is 44.3 Å². The highest BCUT2D eigenvalue weighted by molar-refractivity contribution is 8.00. The summed E-state index contributed by atoms with van der Waals surface area (Å²) in [4.78, 5) is 26.2. The minimum atomic E-state index is -2.77. The summed E-state index contributed by atoms with van der Waals surface area (Å²) in [5.41, 5.74) is 1.01. The smallest absolute Gasteiger partial charge is 0.278 e. The highest BCUT2D eigenvalue weighted by Crippen LogP contribution is 2.26. The maximum absolute atomic E-state index is 14.6. The predicted octanol–water partition coefficient (Wildman–Crippen LogP) is 5.40. The van der Waals surface area contributed by atoms with E-state index in [2.05, 4.69) is 19.7 Å². The molecule has 0 amide bonds. The lowest BCUT2D eigenvalue weighted by molar-refractivity contribution is 0.0194. The Hall–Kier alpha value is -2.27. The van der Waals surface area contributed by atoms with E-state index in [0.29, 0.717) is 21.9 Å². The maximum Gasteiger partial charge on any atom is 0.278 e. The Morgan fingerprint density at radius 2 is 2.00 bits per heavy atom. The summed E-state index contributed by atoms with van der Waals surface area (Å²) >= 11 is 2.35. The third-order valence-corrected chi connectivity index (χ3v) is 5.71. The molecule has 2 aromatic heterocycles. The molecule has 1 aromatic carbocycles. The van der Waals surface area contributed by atoms with Crippen molar-refractivity contribution in [3.63, 3.8) is 0 Å². The van der Waals surface area contributed by atoms with Gasteiger partial charge in [-0.3, -0.25) is 9.36 Å². The Bertz CT molecular complexity index is 1150. The molecule has 0 bridgehead atoms. The van der Waals surface area contributed by atoms with Crippen LogP contribution in [-0.4, -0.2) is 37.5 Å². The van der Waals surface area contributed by atoms with Gasteiger partial charge in [-0.2, -0.15) is 0 Å². The van der Waals surface area contributed by atoms with Crippen LogP contribution in [0.3, 0.4) is 0 Å². The largest absolute Gasteiger partial charge is 0.327 e. The average Bonchev–Trinajstić information content (AvgIpc) is 2.70. The molecule has 0 aliphatic rings. The van der Waals surface area contributed by atoms with Crippen LogP contribution >= 0.6 is 23.7 Å². The number of aromatic nitrogens is 4. The van der Waals surface area contributed by atoms with E-state index in [1.807, 2.05) is 20.1 Å². The van der Waals surface area contributed by atoms with E-state index in [1.165, 1.54) is 28.5 Å². The van der Waals surface area contributed by atoms with Gasteiger partial charge >= 0.3 is 0 Å². The van der Waals surface area contributed by atoms with Crippen LogP contribution in [0, 0.1) is 5.82 Å². The Morgan fingerprint density at radius 3 is 2.61 bits per heavy atom. The van der Waals surface area contributed by atoms with Crippen LogP contribution in [0.25, 0.3) is 22.4 Å². The second-order valence-electron chi connectivity index (χ2n) is 7.26. The maximum atomic E-state index is 14.6. The third-order valence-electron chi connectivity index (χ3n) is 4.38. The summed E-state index contributed by atoms with van der Waals surface area (Å²) in [6.07, 6.45) is 3.06. The predicted molar refractivity (Wildman–Crippen MR) is 120 cm³/mol. The fourth-order valence-corrected chi connectivity index (χ4v) is 4.07. The number of anilines is 1. The molecule has 3 aromatic rings. The molecule has 0 aliphatic carbocycles. The highest BCUT2D eigenvalue weighted by atomic mass is 32.2. The molecule has 11 heteroatoms. The Morgan fingerprint density at radius 1 is 1.26 bits per heavy atom. The van der Waals surface area contributed by atoms with Crippen LogP contribution in [0.4, 0.5) is 18.9 Å². The number of nitrogens with one attached hydrogen (secondary N) is 1. The zero-order valence-corrected chi connectivity index (χ0v) is 19.1. The second-order valence-corrected chi connectivity index (χ2v) is 8.93.